The van der Waals surface area contributed by atoms with Crippen molar-refractivity contribution in [2.75, 3.05) is 0 Å². The van der Waals surface area contributed by atoms with Crippen LogP contribution in [0.5, 0.6) is 0 Å². The highest BCUT2D eigenvalue weighted by atomic mass is 32.1. The van der Waals surface area contributed by atoms with Gasteiger partial charge in [0.25, 0.3) is 0 Å². The highest BCUT2D eigenvalue weighted by Crippen LogP contribution is 2.41. The summed E-state index contributed by atoms with van der Waals surface area (Å²) in [6.07, 6.45) is 8.24. The molecule has 2 fully saturated rings. The molecule has 1 aromatic rings. The lowest BCUT2D eigenvalue weighted by Gasteiger charge is -2.36. The van der Waals surface area contributed by atoms with Gasteiger partial charge in [-0.05, 0) is 38.0 Å². The van der Waals surface area contributed by atoms with Crippen LogP contribution in [0.15, 0.2) is 5.38 Å². The predicted octanol–water partition coefficient (Wildman–Crippen LogP) is 4.42. The van der Waals surface area contributed by atoms with Crippen LogP contribution in [0, 0.1) is 5.92 Å². The van der Waals surface area contributed by atoms with Crippen LogP contribution < -0.4 is 5.32 Å². The molecule has 0 spiro atoms. The summed E-state index contributed by atoms with van der Waals surface area (Å²) >= 11 is 1.86. The largest absolute Gasteiger partial charge is 0.303 e. The maximum absolute atomic E-state index is 4.93. The van der Waals surface area contributed by atoms with E-state index < -0.39 is 0 Å². The van der Waals surface area contributed by atoms with E-state index in [0.29, 0.717) is 5.92 Å². The molecular weight excluding hydrogens is 252 g/mol. The minimum Gasteiger partial charge on any atom is -0.303 e. The Balaban J connectivity index is 1.78. The van der Waals surface area contributed by atoms with Crippen LogP contribution in [0.2, 0.25) is 0 Å². The lowest BCUT2D eigenvalue weighted by atomic mass is 9.76. The van der Waals surface area contributed by atoms with Crippen molar-refractivity contribution in [2.45, 2.75) is 76.8 Å². The van der Waals surface area contributed by atoms with Crippen LogP contribution in [0.25, 0.3) is 0 Å². The highest BCUT2D eigenvalue weighted by molar-refractivity contribution is 7.09. The first-order chi connectivity index (χ1) is 9.07. The second kappa shape index (κ2) is 5.17. The predicted molar refractivity (Wildman–Crippen MR) is 81.7 cm³/mol. The first-order valence-corrected chi connectivity index (χ1v) is 8.68. The van der Waals surface area contributed by atoms with Crippen molar-refractivity contribution in [3.05, 3.63) is 16.1 Å². The van der Waals surface area contributed by atoms with Crippen LogP contribution in [0.3, 0.4) is 0 Å². The molecule has 1 heterocycles. The molecule has 3 rings (SSSR count). The molecule has 2 aliphatic carbocycles. The number of hydrogen-bond acceptors (Lipinski definition) is 3. The summed E-state index contributed by atoms with van der Waals surface area (Å²) in [4.78, 5) is 4.93. The third-order valence-electron chi connectivity index (χ3n) is 4.61. The second-order valence-electron chi connectivity index (χ2n) is 6.98. The smallest absolute Gasteiger partial charge is 0.113 e. The normalized spacial score (nSPS) is 23.4. The molecule has 19 heavy (non-hydrogen) atoms. The number of rotatable bonds is 6. The molecule has 106 valence electrons. The van der Waals surface area contributed by atoms with Crippen molar-refractivity contribution >= 4 is 11.3 Å². The zero-order valence-electron chi connectivity index (χ0n) is 12.4. The molecule has 2 saturated carbocycles. The summed E-state index contributed by atoms with van der Waals surface area (Å²) in [7, 11) is 0. The standard InChI is InChI=1S/C16H26N2S/c1-11(2)14-10-19-15(17-14)16(3,18-13-7-8-13)9-12-5-4-6-12/h10-13,18H,4-9H2,1-3H3. The summed E-state index contributed by atoms with van der Waals surface area (Å²) in [5, 5.41) is 7.46. The van der Waals surface area contributed by atoms with E-state index in [-0.39, 0.29) is 5.54 Å². The van der Waals surface area contributed by atoms with Gasteiger partial charge in [0.15, 0.2) is 0 Å². The van der Waals surface area contributed by atoms with Crippen molar-refractivity contribution in [3.8, 4) is 0 Å². The third-order valence-corrected chi connectivity index (χ3v) is 5.73. The van der Waals surface area contributed by atoms with Gasteiger partial charge < -0.3 is 5.32 Å². The molecule has 0 bridgehead atoms. The first-order valence-electron chi connectivity index (χ1n) is 7.80. The van der Waals surface area contributed by atoms with E-state index in [1.165, 1.54) is 49.2 Å². The Kier molecular flexibility index (Phi) is 3.69. The fourth-order valence-corrected chi connectivity index (χ4v) is 4.08. The minimum absolute atomic E-state index is 0.115. The molecule has 0 saturated heterocycles. The lowest BCUT2D eigenvalue weighted by Crippen LogP contribution is -2.43. The maximum Gasteiger partial charge on any atom is 0.113 e. The summed E-state index contributed by atoms with van der Waals surface area (Å²) in [6.45, 7) is 6.85. The van der Waals surface area contributed by atoms with Gasteiger partial charge in [-0.25, -0.2) is 4.98 Å². The molecule has 0 radical (unpaired) electrons. The van der Waals surface area contributed by atoms with Crippen LogP contribution in [0.4, 0.5) is 0 Å². The fourth-order valence-electron chi connectivity index (χ4n) is 2.97. The van der Waals surface area contributed by atoms with Gasteiger partial charge in [-0.1, -0.05) is 33.1 Å². The topological polar surface area (TPSA) is 24.9 Å². The van der Waals surface area contributed by atoms with Gasteiger partial charge in [0.2, 0.25) is 0 Å². The van der Waals surface area contributed by atoms with Gasteiger partial charge in [0.1, 0.15) is 5.01 Å². The zero-order valence-corrected chi connectivity index (χ0v) is 13.2. The molecule has 1 aromatic heterocycles. The van der Waals surface area contributed by atoms with Crippen molar-refractivity contribution in [1.82, 2.24) is 10.3 Å². The number of hydrogen-bond donors (Lipinski definition) is 1. The van der Waals surface area contributed by atoms with Gasteiger partial charge in [0.05, 0.1) is 11.2 Å². The Morgan fingerprint density at radius 1 is 1.37 bits per heavy atom. The molecule has 3 heteroatoms. The Labute approximate surface area is 121 Å². The molecule has 0 aromatic carbocycles. The SMILES string of the molecule is CC(C)c1csc(C(C)(CC2CCC2)NC2CC2)n1. The average Bonchev–Trinajstić information content (AvgIpc) is 2.95. The van der Waals surface area contributed by atoms with Crippen LogP contribution >= 0.6 is 11.3 Å². The van der Waals surface area contributed by atoms with Crippen molar-refractivity contribution < 1.29 is 0 Å². The zero-order chi connectivity index (χ0) is 13.5. The summed E-state index contributed by atoms with van der Waals surface area (Å²) in [5.41, 5.74) is 1.38. The third kappa shape index (κ3) is 3.03. The molecule has 1 atom stereocenters. The van der Waals surface area contributed by atoms with E-state index in [1.807, 2.05) is 11.3 Å². The monoisotopic (exact) mass is 278 g/mol. The molecule has 1 N–H and O–H groups in total. The molecule has 2 aliphatic rings. The molecule has 0 aliphatic heterocycles. The quantitative estimate of drug-likeness (QED) is 0.833. The van der Waals surface area contributed by atoms with Gasteiger partial charge in [-0.2, -0.15) is 0 Å². The van der Waals surface area contributed by atoms with Crippen LogP contribution in [0.1, 0.15) is 75.9 Å². The van der Waals surface area contributed by atoms with E-state index in [2.05, 4.69) is 31.5 Å². The molecule has 0 amide bonds. The van der Waals surface area contributed by atoms with E-state index in [0.717, 1.165) is 12.0 Å². The fraction of sp³-hybridized carbons (Fsp3) is 0.812. The van der Waals surface area contributed by atoms with E-state index in [1.54, 1.807) is 0 Å². The number of nitrogens with one attached hydrogen (secondary N) is 1. The van der Waals surface area contributed by atoms with E-state index >= 15 is 0 Å². The molecular formula is C16H26N2S. The summed E-state index contributed by atoms with van der Waals surface area (Å²) in [6, 6.07) is 0.747. The summed E-state index contributed by atoms with van der Waals surface area (Å²) in [5.74, 6) is 1.46. The number of thiazole rings is 1. The molecule has 1 unspecified atom stereocenters. The highest BCUT2D eigenvalue weighted by Gasteiger charge is 2.39. The molecule has 2 nitrogen and oxygen atoms in total. The Hall–Kier alpha value is -0.410. The van der Waals surface area contributed by atoms with Crippen molar-refractivity contribution in [2.24, 2.45) is 5.92 Å². The van der Waals surface area contributed by atoms with Crippen LogP contribution in [-0.4, -0.2) is 11.0 Å². The van der Waals surface area contributed by atoms with Crippen LogP contribution in [-0.2, 0) is 5.54 Å². The van der Waals surface area contributed by atoms with E-state index in [4.69, 9.17) is 4.98 Å². The van der Waals surface area contributed by atoms with Gasteiger partial charge in [-0.3, -0.25) is 0 Å². The van der Waals surface area contributed by atoms with Gasteiger partial charge in [0, 0.05) is 11.4 Å². The number of nitrogens with zero attached hydrogens (tertiary/aromatic N) is 1. The maximum atomic E-state index is 4.93. The van der Waals surface area contributed by atoms with Crippen molar-refractivity contribution in [3.63, 3.8) is 0 Å². The lowest BCUT2D eigenvalue weighted by molar-refractivity contribution is 0.201. The average molecular weight is 278 g/mol. The number of aromatic nitrogens is 1. The van der Waals surface area contributed by atoms with Gasteiger partial charge >= 0.3 is 0 Å². The minimum atomic E-state index is 0.115. The first kappa shape index (κ1) is 13.6. The van der Waals surface area contributed by atoms with E-state index in [9.17, 15) is 0 Å². The Morgan fingerprint density at radius 3 is 2.58 bits per heavy atom. The Bertz CT molecular complexity index is 432. The van der Waals surface area contributed by atoms with Crippen molar-refractivity contribution in [1.29, 1.82) is 0 Å². The Morgan fingerprint density at radius 2 is 2.11 bits per heavy atom. The van der Waals surface area contributed by atoms with Gasteiger partial charge in [-0.15, -0.1) is 11.3 Å². The summed E-state index contributed by atoms with van der Waals surface area (Å²) < 4.78 is 0. The second-order valence-corrected chi connectivity index (χ2v) is 7.84.